The number of nitrogens with one attached hydrogen (secondary N) is 2. The highest BCUT2D eigenvalue weighted by Crippen LogP contribution is 2.23. The number of amides is 2. The third-order valence-corrected chi connectivity index (χ3v) is 6.24. The maximum atomic E-state index is 12.6. The molecular weight excluding hydrogens is 542 g/mol. The van der Waals surface area contributed by atoms with Crippen molar-refractivity contribution in [2.24, 2.45) is 10.2 Å². The van der Waals surface area contributed by atoms with Crippen molar-refractivity contribution in [3.8, 4) is 0 Å². The highest BCUT2D eigenvalue weighted by Gasteiger charge is 2.12. The van der Waals surface area contributed by atoms with Gasteiger partial charge in [0.25, 0.3) is 11.8 Å². The standard InChI is InChI=1S/C26H22Cl4N4O2/c1-3-23(19-11-9-17(27)13-21(19)29)31-33-25(35)15-5-7-16(8-6-15)26(36)34-32-24(4-2)20-12-10-18(28)14-22(20)30/h5-14H,3-4H2,1-2H3,(H,33,35)(H,34,36)/b31-23+,32-24+. The summed E-state index contributed by atoms with van der Waals surface area (Å²) in [6.45, 7) is 3.80. The lowest BCUT2D eigenvalue weighted by Crippen LogP contribution is -2.22. The first-order valence-corrected chi connectivity index (χ1v) is 12.5. The average molecular weight is 564 g/mol. The van der Waals surface area contributed by atoms with E-state index >= 15 is 0 Å². The summed E-state index contributed by atoms with van der Waals surface area (Å²) in [5.74, 6) is -0.858. The summed E-state index contributed by atoms with van der Waals surface area (Å²) < 4.78 is 0. The van der Waals surface area contributed by atoms with Crippen molar-refractivity contribution in [2.45, 2.75) is 26.7 Å². The molecule has 0 spiro atoms. The van der Waals surface area contributed by atoms with Crippen LogP contribution in [0.2, 0.25) is 20.1 Å². The largest absolute Gasteiger partial charge is 0.271 e. The van der Waals surface area contributed by atoms with Crippen LogP contribution in [0.25, 0.3) is 0 Å². The van der Waals surface area contributed by atoms with E-state index in [1.54, 1.807) is 36.4 Å². The Morgan fingerprint density at radius 1 is 0.639 bits per heavy atom. The van der Waals surface area contributed by atoms with E-state index in [9.17, 15) is 9.59 Å². The van der Waals surface area contributed by atoms with Crippen molar-refractivity contribution < 1.29 is 9.59 Å². The van der Waals surface area contributed by atoms with E-state index in [0.29, 0.717) is 66.6 Å². The van der Waals surface area contributed by atoms with Gasteiger partial charge in [0.1, 0.15) is 0 Å². The van der Waals surface area contributed by atoms with Crippen LogP contribution in [-0.2, 0) is 0 Å². The number of nitrogens with zero attached hydrogens (tertiary/aromatic N) is 2. The molecule has 0 saturated heterocycles. The van der Waals surface area contributed by atoms with Gasteiger partial charge in [0.15, 0.2) is 0 Å². The molecule has 36 heavy (non-hydrogen) atoms. The fraction of sp³-hybridized carbons (Fsp3) is 0.154. The summed E-state index contributed by atoms with van der Waals surface area (Å²) >= 11 is 24.4. The summed E-state index contributed by atoms with van der Waals surface area (Å²) in [5.41, 5.74) is 8.29. The van der Waals surface area contributed by atoms with Crippen LogP contribution in [0.5, 0.6) is 0 Å². The van der Waals surface area contributed by atoms with Crippen molar-refractivity contribution in [3.63, 3.8) is 0 Å². The average Bonchev–Trinajstić information content (AvgIpc) is 2.86. The van der Waals surface area contributed by atoms with Gasteiger partial charge < -0.3 is 0 Å². The molecule has 0 aromatic heterocycles. The van der Waals surface area contributed by atoms with E-state index in [1.165, 1.54) is 24.3 Å². The van der Waals surface area contributed by atoms with Crippen LogP contribution in [-0.4, -0.2) is 23.2 Å². The number of carbonyl (C=O) groups is 2. The van der Waals surface area contributed by atoms with Crippen LogP contribution < -0.4 is 10.9 Å². The zero-order chi connectivity index (χ0) is 26.2. The number of carbonyl (C=O) groups excluding carboxylic acids is 2. The molecule has 2 N–H and O–H groups in total. The topological polar surface area (TPSA) is 82.9 Å². The molecule has 0 aliphatic rings. The third kappa shape index (κ3) is 7.08. The molecule has 0 radical (unpaired) electrons. The second-order valence-corrected chi connectivity index (χ2v) is 9.22. The number of rotatable bonds is 8. The molecule has 10 heteroatoms. The summed E-state index contributed by atoms with van der Waals surface area (Å²) in [7, 11) is 0. The van der Waals surface area contributed by atoms with Gasteiger partial charge in [0.05, 0.1) is 21.5 Å². The van der Waals surface area contributed by atoms with E-state index in [0.717, 1.165) is 0 Å². The minimum Gasteiger partial charge on any atom is -0.267 e. The quantitative estimate of drug-likeness (QED) is 0.221. The van der Waals surface area contributed by atoms with Gasteiger partial charge in [-0.3, -0.25) is 9.59 Å². The zero-order valence-corrected chi connectivity index (χ0v) is 22.4. The summed E-state index contributed by atoms with van der Waals surface area (Å²) in [6, 6.07) is 16.3. The van der Waals surface area contributed by atoms with E-state index in [1.807, 2.05) is 13.8 Å². The fourth-order valence-electron chi connectivity index (χ4n) is 3.25. The molecule has 2 amide bonds. The monoisotopic (exact) mass is 562 g/mol. The number of hydrogen-bond donors (Lipinski definition) is 2. The first-order chi connectivity index (χ1) is 17.2. The number of hydrazone groups is 2. The van der Waals surface area contributed by atoms with Crippen molar-refractivity contribution in [1.82, 2.24) is 10.9 Å². The molecule has 6 nitrogen and oxygen atoms in total. The Hall–Kier alpha value is -2.90. The number of hydrogen-bond acceptors (Lipinski definition) is 4. The molecule has 0 atom stereocenters. The van der Waals surface area contributed by atoms with Crippen molar-refractivity contribution in [1.29, 1.82) is 0 Å². The SMILES string of the molecule is CC/C(=N\NC(=O)c1ccc(C(=O)N/N=C(\CC)c2ccc(Cl)cc2Cl)cc1)c1ccc(Cl)cc1Cl. The molecule has 0 fully saturated rings. The molecule has 3 rings (SSSR count). The number of benzene rings is 3. The molecule has 3 aromatic carbocycles. The van der Waals surface area contributed by atoms with Gasteiger partial charge in [0, 0.05) is 32.3 Å². The van der Waals surface area contributed by atoms with Crippen LogP contribution in [0.15, 0.2) is 70.9 Å². The maximum absolute atomic E-state index is 12.6. The third-order valence-electron chi connectivity index (χ3n) is 5.15. The summed E-state index contributed by atoms with van der Waals surface area (Å²) in [4.78, 5) is 25.1. The minimum absolute atomic E-state index is 0.332. The Kier molecular flexibility index (Phi) is 9.90. The Balaban J connectivity index is 1.68. The van der Waals surface area contributed by atoms with Gasteiger partial charge in [-0.05, 0) is 61.4 Å². The van der Waals surface area contributed by atoms with E-state index in [-0.39, 0.29) is 0 Å². The molecule has 186 valence electrons. The van der Waals surface area contributed by atoms with Gasteiger partial charge >= 0.3 is 0 Å². The predicted octanol–water partition coefficient (Wildman–Crippen LogP) is 7.39. The highest BCUT2D eigenvalue weighted by atomic mass is 35.5. The smallest absolute Gasteiger partial charge is 0.267 e. The van der Waals surface area contributed by atoms with E-state index in [4.69, 9.17) is 46.4 Å². The lowest BCUT2D eigenvalue weighted by atomic mass is 10.1. The molecule has 0 aliphatic carbocycles. The second kappa shape index (κ2) is 12.9. The van der Waals surface area contributed by atoms with Crippen LogP contribution in [0.4, 0.5) is 0 Å². The normalized spacial score (nSPS) is 11.8. The van der Waals surface area contributed by atoms with Crippen LogP contribution in [0.3, 0.4) is 0 Å². The Bertz CT molecular complexity index is 1240. The van der Waals surface area contributed by atoms with Crippen molar-refractivity contribution in [2.75, 3.05) is 0 Å². The Morgan fingerprint density at radius 3 is 1.31 bits per heavy atom. The maximum Gasteiger partial charge on any atom is 0.271 e. The number of halogens is 4. The van der Waals surface area contributed by atoms with E-state index < -0.39 is 11.8 Å². The van der Waals surface area contributed by atoms with Crippen LogP contribution in [0, 0.1) is 0 Å². The first-order valence-electron chi connectivity index (χ1n) is 11.0. The Morgan fingerprint density at radius 2 is 1.00 bits per heavy atom. The summed E-state index contributed by atoms with van der Waals surface area (Å²) in [6.07, 6.45) is 1.09. The van der Waals surface area contributed by atoms with Crippen molar-refractivity contribution >= 4 is 69.6 Å². The Labute approximate surface area is 229 Å². The van der Waals surface area contributed by atoms with Crippen LogP contribution >= 0.6 is 46.4 Å². The lowest BCUT2D eigenvalue weighted by molar-refractivity contribution is 0.0943. The second-order valence-electron chi connectivity index (χ2n) is 7.53. The van der Waals surface area contributed by atoms with E-state index in [2.05, 4.69) is 21.1 Å². The van der Waals surface area contributed by atoms with Gasteiger partial charge in [-0.2, -0.15) is 10.2 Å². The van der Waals surface area contributed by atoms with Gasteiger partial charge in [-0.15, -0.1) is 0 Å². The predicted molar refractivity (Wildman–Crippen MR) is 148 cm³/mol. The fourth-order valence-corrected chi connectivity index (χ4v) is 4.28. The zero-order valence-electron chi connectivity index (χ0n) is 19.4. The molecular formula is C26H22Cl4N4O2. The molecule has 3 aromatic rings. The molecule has 0 unspecified atom stereocenters. The summed E-state index contributed by atoms with van der Waals surface area (Å²) in [5, 5.41) is 10.3. The van der Waals surface area contributed by atoms with Crippen LogP contribution in [0.1, 0.15) is 58.5 Å². The first kappa shape index (κ1) is 27.7. The van der Waals surface area contributed by atoms with Gasteiger partial charge in [0.2, 0.25) is 0 Å². The molecule has 0 aliphatic heterocycles. The minimum atomic E-state index is -0.429. The van der Waals surface area contributed by atoms with Gasteiger partial charge in [-0.25, -0.2) is 10.9 Å². The molecule has 0 saturated carbocycles. The van der Waals surface area contributed by atoms with Gasteiger partial charge in [-0.1, -0.05) is 72.4 Å². The molecule has 0 bridgehead atoms. The molecule has 0 heterocycles. The lowest BCUT2D eigenvalue weighted by Gasteiger charge is -2.09. The van der Waals surface area contributed by atoms with Crippen molar-refractivity contribution in [3.05, 3.63) is 103 Å². The highest BCUT2D eigenvalue weighted by molar-refractivity contribution is 6.37.